The Labute approximate surface area is 74.6 Å². The lowest BCUT2D eigenvalue weighted by Gasteiger charge is -1.97. The molecule has 2 heteroatoms. The summed E-state index contributed by atoms with van der Waals surface area (Å²) in [7, 11) is 0. The van der Waals surface area contributed by atoms with Gasteiger partial charge in [0, 0.05) is 0 Å². The maximum atomic E-state index is 10.0. The predicted molar refractivity (Wildman–Crippen MR) is 52.0 cm³/mol. The molecular weight excluding hydrogens is 152 g/mol. The highest BCUT2D eigenvalue weighted by Gasteiger charge is 1.89. The van der Waals surface area contributed by atoms with E-state index in [2.05, 4.69) is 13.2 Å². The number of aliphatic hydroxyl groups excluding tert-OH is 1. The van der Waals surface area contributed by atoms with Crippen molar-refractivity contribution in [2.45, 2.75) is 33.8 Å². The van der Waals surface area contributed by atoms with Crippen molar-refractivity contribution < 1.29 is 9.90 Å². The number of Topliss-reactive ketones (excluding diaryl/α,β-unsaturated/α-hetero) is 1. The third kappa shape index (κ3) is 11.9. The largest absolute Gasteiger partial charge is 0.389 e. The minimum atomic E-state index is -0.343. The average molecular weight is 170 g/mol. The van der Waals surface area contributed by atoms with Crippen molar-refractivity contribution in [2.75, 3.05) is 0 Å². The molecule has 2 nitrogen and oxygen atoms in total. The molecule has 0 aliphatic heterocycles. The molecule has 0 aliphatic carbocycles. The maximum absolute atomic E-state index is 10.0. The van der Waals surface area contributed by atoms with Crippen LogP contribution in [0.25, 0.3) is 0 Å². The molecule has 1 unspecified atom stereocenters. The van der Waals surface area contributed by atoms with E-state index in [1.807, 2.05) is 0 Å². The van der Waals surface area contributed by atoms with Gasteiger partial charge in [-0.3, -0.25) is 4.79 Å². The van der Waals surface area contributed by atoms with Crippen LogP contribution in [0.1, 0.15) is 27.7 Å². The molecule has 0 aromatic rings. The van der Waals surface area contributed by atoms with Gasteiger partial charge < -0.3 is 5.11 Å². The Morgan fingerprint density at radius 1 is 1.25 bits per heavy atom. The average Bonchev–Trinajstić information content (AvgIpc) is 1.88. The van der Waals surface area contributed by atoms with Crippen LogP contribution in [-0.4, -0.2) is 17.0 Å². The highest BCUT2D eigenvalue weighted by Crippen LogP contribution is 1.92. The monoisotopic (exact) mass is 170 g/mol. The Kier molecular flexibility index (Phi) is 7.75. The van der Waals surface area contributed by atoms with Crippen LogP contribution in [0.15, 0.2) is 24.3 Å². The Morgan fingerprint density at radius 3 is 1.42 bits per heavy atom. The molecule has 0 rings (SSSR count). The van der Waals surface area contributed by atoms with Gasteiger partial charge in [-0.15, -0.1) is 0 Å². The molecule has 0 aliphatic rings. The smallest absolute Gasteiger partial charge is 0.154 e. The molecule has 0 amide bonds. The van der Waals surface area contributed by atoms with Crippen molar-refractivity contribution in [3.63, 3.8) is 0 Å². The Hall–Kier alpha value is -0.890. The number of allylic oxidation sites excluding steroid dienone is 1. The van der Waals surface area contributed by atoms with E-state index in [-0.39, 0.29) is 11.9 Å². The number of carbonyl (C=O) groups is 1. The van der Waals surface area contributed by atoms with Gasteiger partial charge in [-0.1, -0.05) is 18.7 Å². The molecule has 0 aromatic carbocycles. The van der Waals surface area contributed by atoms with Crippen LogP contribution >= 0.6 is 0 Å². The second-order valence-electron chi connectivity index (χ2n) is 2.86. The summed E-state index contributed by atoms with van der Waals surface area (Å²) in [5, 5.41) is 8.53. The van der Waals surface area contributed by atoms with Crippen LogP contribution in [0.3, 0.4) is 0 Å². The molecular formula is C10H18O2. The molecule has 1 atom stereocenters. The number of hydrogen-bond donors (Lipinski definition) is 1. The van der Waals surface area contributed by atoms with E-state index in [9.17, 15) is 4.79 Å². The van der Waals surface area contributed by atoms with Crippen LogP contribution in [-0.2, 0) is 4.79 Å². The molecule has 70 valence electrons. The fourth-order valence-corrected chi connectivity index (χ4v) is 0. The second kappa shape index (κ2) is 6.80. The van der Waals surface area contributed by atoms with Crippen molar-refractivity contribution >= 4 is 5.78 Å². The van der Waals surface area contributed by atoms with E-state index in [0.29, 0.717) is 5.57 Å². The quantitative estimate of drug-likeness (QED) is 0.509. The molecule has 0 radical (unpaired) electrons. The number of hydrogen-bond acceptors (Lipinski definition) is 2. The van der Waals surface area contributed by atoms with Gasteiger partial charge in [0.1, 0.15) is 0 Å². The van der Waals surface area contributed by atoms with Crippen LogP contribution < -0.4 is 0 Å². The lowest BCUT2D eigenvalue weighted by molar-refractivity contribution is -0.113. The summed E-state index contributed by atoms with van der Waals surface area (Å²) in [6.45, 7) is 13.6. The van der Waals surface area contributed by atoms with Crippen LogP contribution in [0.5, 0.6) is 0 Å². The highest BCUT2D eigenvalue weighted by molar-refractivity contribution is 5.91. The zero-order valence-corrected chi connectivity index (χ0v) is 8.35. The Balaban J connectivity index is 0. The molecule has 0 spiro atoms. The lowest BCUT2D eigenvalue weighted by Crippen LogP contribution is -1.97. The van der Waals surface area contributed by atoms with E-state index in [0.717, 1.165) is 5.57 Å². The van der Waals surface area contributed by atoms with Crippen LogP contribution in [0.4, 0.5) is 0 Å². The first-order valence-corrected chi connectivity index (χ1v) is 3.79. The van der Waals surface area contributed by atoms with Crippen molar-refractivity contribution in [3.05, 3.63) is 24.3 Å². The van der Waals surface area contributed by atoms with Crippen molar-refractivity contribution in [3.8, 4) is 0 Å². The lowest BCUT2D eigenvalue weighted by atomic mass is 10.2. The van der Waals surface area contributed by atoms with Crippen molar-refractivity contribution in [1.82, 2.24) is 0 Å². The molecule has 0 heterocycles. The minimum absolute atomic E-state index is 0.0648. The maximum Gasteiger partial charge on any atom is 0.154 e. The standard InChI is InChI=1S/C5H10O.C5H8O/c2*1-4(2)5(3)6/h5-6H,1H2,2-3H3;1H2,2-3H3. The summed E-state index contributed by atoms with van der Waals surface area (Å²) in [4.78, 5) is 10.0. The first-order valence-electron chi connectivity index (χ1n) is 3.79. The predicted octanol–water partition coefficient (Wildman–Crippen LogP) is 2.09. The molecule has 0 bridgehead atoms. The van der Waals surface area contributed by atoms with Gasteiger partial charge in [0.25, 0.3) is 0 Å². The molecule has 0 saturated carbocycles. The fourth-order valence-electron chi connectivity index (χ4n) is 0. The number of rotatable bonds is 2. The van der Waals surface area contributed by atoms with Crippen molar-refractivity contribution in [2.24, 2.45) is 0 Å². The van der Waals surface area contributed by atoms with E-state index in [1.54, 1.807) is 20.8 Å². The number of carbonyl (C=O) groups excluding carboxylic acids is 1. The molecule has 12 heavy (non-hydrogen) atoms. The number of aliphatic hydroxyl groups is 1. The summed E-state index contributed by atoms with van der Waals surface area (Å²) in [6.07, 6.45) is -0.343. The Morgan fingerprint density at radius 2 is 1.42 bits per heavy atom. The van der Waals surface area contributed by atoms with Crippen LogP contribution in [0.2, 0.25) is 0 Å². The van der Waals surface area contributed by atoms with E-state index >= 15 is 0 Å². The second-order valence-corrected chi connectivity index (χ2v) is 2.86. The minimum Gasteiger partial charge on any atom is -0.389 e. The van der Waals surface area contributed by atoms with Crippen LogP contribution in [0, 0.1) is 0 Å². The SMILES string of the molecule is C=C(C)C(C)=O.C=C(C)C(C)O. The fraction of sp³-hybridized carbons (Fsp3) is 0.500. The van der Waals surface area contributed by atoms with E-state index in [4.69, 9.17) is 5.11 Å². The first-order chi connectivity index (χ1) is 5.29. The summed E-state index contributed by atoms with van der Waals surface area (Å²) in [5.74, 6) is 0.0648. The van der Waals surface area contributed by atoms with E-state index in [1.165, 1.54) is 6.92 Å². The Bertz CT molecular complexity index is 166. The molecule has 1 N–H and O–H groups in total. The molecule has 0 aromatic heterocycles. The summed E-state index contributed by atoms with van der Waals surface area (Å²) in [6, 6.07) is 0. The van der Waals surface area contributed by atoms with Gasteiger partial charge >= 0.3 is 0 Å². The zero-order chi connectivity index (χ0) is 10.3. The summed E-state index contributed by atoms with van der Waals surface area (Å²) in [5.41, 5.74) is 1.44. The summed E-state index contributed by atoms with van der Waals surface area (Å²) < 4.78 is 0. The normalized spacial score (nSPS) is 10.8. The van der Waals surface area contributed by atoms with Gasteiger partial charge in [0.05, 0.1) is 6.10 Å². The summed E-state index contributed by atoms with van der Waals surface area (Å²) >= 11 is 0. The van der Waals surface area contributed by atoms with Gasteiger partial charge in [0.2, 0.25) is 0 Å². The van der Waals surface area contributed by atoms with Gasteiger partial charge in [-0.25, -0.2) is 0 Å². The number of ketones is 1. The topological polar surface area (TPSA) is 37.3 Å². The van der Waals surface area contributed by atoms with E-state index < -0.39 is 0 Å². The molecule has 0 saturated heterocycles. The zero-order valence-electron chi connectivity index (χ0n) is 8.35. The van der Waals surface area contributed by atoms with Gasteiger partial charge in [-0.05, 0) is 33.3 Å². The molecule has 0 fully saturated rings. The third-order valence-corrected chi connectivity index (χ3v) is 1.31. The van der Waals surface area contributed by atoms with Gasteiger partial charge in [0.15, 0.2) is 5.78 Å². The third-order valence-electron chi connectivity index (χ3n) is 1.31. The van der Waals surface area contributed by atoms with Gasteiger partial charge in [-0.2, -0.15) is 0 Å². The highest BCUT2D eigenvalue weighted by atomic mass is 16.3. The van der Waals surface area contributed by atoms with Crippen molar-refractivity contribution in [1.29, 1.82) is 0 Å². The first kappa shape index (κ1) is 13.7.